The second-order valence-corrected chi connectivity index (χ2v) is 11.9. The molecule has 1 aliphatic carbocycles. The van der Waals surface area contributed by atoms with Crippen molar-refractivity contribution in [3.63, 3.8) is 0 Å². The van der Waals surface area contributed by atoms with Crippen molar-refractivity contribution in [2.45, 2.75) is 29.8 Å². The Balaban J connectivity index is 1.84. The van der Waals surface area contributed by atoms with Gasteiger partial charge in [-0.1, -0.05) is 42.6 Å². The van der Waals surface area contributed by atoms with Crippen molar-refractivity contribution in [2.75, 3.05) is 5.32 Å². The second-order valence-electron chi connectivity index (χ2n) is 8.68. The van der Waals surface area contributed by atoms with E-state index in [4.69, 9.17) is 33.7 Å². The van der Waals surface area contributed by atoms with Gasteiger partial charge in [-0.05, 0) is 43.2 Å². The van der Waals surface area contributed by atoms with Gasteiger partial charge in [0.25, 0.3) is 0 Å². The number of nitrogens with one attached hydrogen (secondary N) is 1. The number of nitriles is 1. The predicted octanol–water partition coefficient (Wildman–Crippen LogP) is 7.25. The lowest BCUT2D eigenvalue weighted by Crippen LogP contribution is -2.30. The molecule has 3 aromatic rings. The molecule has 0 aliphatic heterocycles. The van der Waals surface area contributed by atoms with Gasteiger partial charge in [0.15, 0.2) is 5.69 Å². The maximum Gasteiger partial charge on any atom is 0.413 e. The molecule has 1 aromatic heterocycles. The summed E-state index contributed by atoms with van der Waals surface area (Å²) in [4.78, 5) is 22.5. The van der Waals surface area contributed by atoms with Crippen LogP contribution in [-0.4, -0.2) is 21.8 Å². The first-order valence-electron chi connectivity index (χ1n) is 10.7. The van der Waals surface area contributed by atoms with E-state index in [1.165, 1.54) is 0 Å². The highest BCUT2D eigenvalue weighted by Gasteiger charge is 2.65. The SMILES string of the molecule is N#Cc1nn(-c2c(Cl)cc(S(F)(F)(F)(F)F)cc2Cl)c(NC(=O)OCc2cc(F)ccc2F)c1C1(C(N)=O)CC1. The molecule has 1 heterocycles. The van der Waals surface area contributed by atoms with Crippen LogP contribution in [0.15, 0.2) is 35.2 Å². The Morgan fingerprint density at radius 3 is 2.23 bits per heavy atom. The summed E-state index contributed by atoms with van der Waals surface area (Å²) in [5.41, 5.74) is 2.09. The summed E-state index contributed by atoms with van der Waals surface area (Å²) >= 11 is 11.8. The molecule has 0 spiro atoms. The topological polar surface area (TPSA) is 123 Å². The maximum atomic E-state index is 13.9. The summed E-state index contributed by atoms with van der Waals surface area (Å²) < 4.78 is 99.8. The van der Waals surface area contributed by atoms with Gasteiger partial charge in [-0.15, -0.1) is 0 Å². The lowest BCUT2D eigenvalue weighted by molar-refractivity contribution is -0.120. The van der Waals surface area contributed by atoms with Gasteiger partial charge in [-0.2, -0.15) is 10.4 Å². The minimum atomic E-state index is -10.2. The van der Waals surface area contributed by atoms with Crippen molar-refractivity contribution in [1.29, 1.82) is 5.26 Å². The van der Waals surface area contributed by atoms with E-state index in [1.54, 1.807) is 6.07 Å². The van der Waals surface area contributed by atoms with Gasteiger partial charge in [0.05, 0.1) is 15.5 Å². The maximum absolute atomic E-state index is 13.9. The Hall–Kier alpha value is -3.68. The van der Waals surface area contributed by atoms with Crippen molar-refractivity contribution in [2.24, 2.45) is 5.73 Å². The van der Waals surface area contributed by atoms with Crippen LogP contribution >= 0.6 is 33.4 Å². The van der Waals surface area contributed by atoms with Gasteiger partial charge >= 0.3 is 16.3 Å². The summed E-state index contributed by atoms with van der Waals surface area (Å²) in [5, 5.41) is 13.6. The number of benzene rings is 2. The largest absolute Gasteiger partial charge is 0.444 e. The zero-order chi connectivity index (χ0) is 29.9. The number of anilines is 1. The van der Waals surface area contributed by atoms with Gasteiger partial charge < -0.3 is 10.5 Å². The summed E-state index contributed by atoms with van der Waals surface area (Å²) in [6, 6.07) is 3.77. The summed E-state index contributed by atoms with van der Waals surface area (Å²) in [7, 11) is -10.2. The molecule has 1 saturated carbocycles. The van der Waals surface area contributed by atoms with Crippen LogP contribution < -0.4 is 11.1 Å². The van der Waals surface area contributed by atoms with E-state index in [-0.39, 0.29) is 36.1 Å². The molecule has 18 heteroatoms. The van der Waals surface area contributed by atoms with E-state index in [9.17, 15) is 43.1 Å². The van der Waals surface area contributed by atoms with Crippen molar-refractivity contribution < 1.29 is 42.5 Å². The molecule has 0 saturated heterocycles. The second kappa shape index (κ2) is 8.91. The Morgan fingerprint density at radius 2 is 1.73 bits per heavy atom. The fourth-order valence-electron chi connectivity index (χ4n) is 3.87. The normalized spacial score (nSPS) is 15.9. The number of hydrogen-bond acceptors (Lipinski definition) is 5. The number of carbonyl (C=O) groups is 2. The van der Waals surface area contributed by atoms with Gasteiger partial charge in [-0.3, -0.25) is 10.1 Å². The third-order valence-corrected chi connectivity index (χ3v) is 7.63. The summed E-state index contributed by atoms with van der Waals surface area (Å²) in [5.74, 6) is -3.27. The molecule has 0 unspecified atom stereocenters. The Labute approximate surface area is 230 Å². The number of primary amides is 1. The van der Waals surface area contributed by atoms with E-state index in [0.29, 0.717) is 4.68 Å². The molecule has 214 valence electrons. The number of amides is 2. The van der Waals surface area contributed by atoms with Crippen LogP contribution in [0.4, 0.5) is 38.8 Å². The van der Waals surface area contributed by atoms with E-state index in [0.717, 1.165) is 18.2 Å². The zero-order valence-electron chi connectivity index (χ0n) is 19.5. The summed E-state index contributed by atoms with van der Waals surface area (Å²) in [6.45, 7) is -0.801. The molecule has 3 N–H and O–H groups in total. The Kier molecular flexibility index (Phi) is 6.53. The van der Waals surface area contributed by atoms with Crippen LogP contribution in [0.5, 0.6) is 0 Å². The first-order valence-corrected chi connectivity index (χ1v) is 13.4. The average molecular weight is 632 g/mol. The minimum Gasteiger partial charge on any atom is -0.444 e. The lowest BCUT2D eigenvalue weighted by Gasteiger charge is -2.40. The van der Waals surface area contributed by atoms with Gasteiger partial charge in [0.2, 0.25) is 5.91 Å². The number of hydrogen-bond donors (Lipinski definition) is 2. The third-order valence-electron chi connectivity index (χ3n) is 5.93. The number of ether oxygens (including phenoxy) is 1. The molecule has 0 radical (unpaired) electrons. The van der Waals surface area contributed by atoms with Crippen molar-refractivity contribution in [3.05, 3.63) is 68.8 Å². The summed E-state index contributed by atoms with van der Waals surface area (Å²) in [6.07, 6.45) is -1.23. The molecule has 40 heavy (non-hydrogen) atoms. The lowest BCUT2D eigenvalue weighted by atomic mass is 9.94. The first-order chi connectivity index (χ1) is 18.3. The molecule has 1 fully saturated rings. The van der Waals surface area contributed by atoms with Crippen LogP contribution in [-0.2, 0) is 21.6 Å². The molecular weight excluding hydrogens is 618 g/mol. The number of carbonyl (C=O) groups excluding carboxylic acids is 2. The molecule has 4 rings (SSSR count). The van der Waals surface area contributed by atoms with Crippen molar-refractivity contribution >= 4 is 51.2 Å². The predicted molar refractivity (Wildman–Crippen MR) is 130 cm³/mol. The number of nitrogens with two attached hydrogens (primary N) is 1. The zero-order valence-corrected chi connectivity index (χ0v) is 21.8. The van der Waals surface area contributed by atoms with E-state index in [1.807, 2.05) is 0 Å². The molecule has 0 bridgehead atoms. The average Bonchev–Trinajstić information content (AvgIpc) is 3.55. The van der Waals surface area contributed by atoms with Gasteiger partial charge in [0.1, 0.15) is 40.7 Å². The molecule has 2 aromatic carbocycles. The number of halogens is 9. The Morgan fingerprint density at radius 1 is 1.12 bits per heavy atom. The number of aromatic nitrogens is 2. The van der Waals surface area contributed by atoms with Crippen LogP contribution in [0.2, 0.25) is 10.0 Å². The highest BCUT2D eigenvalue weighted by molar-refractivity contribution is 8.45. The number of rotatable bonds is 7. The molecule has 1 aliphatic rings. The van der Waals surface area contributed by atoms with Crippen LogP contribution in [0, 0.1) is 23.0 Å². The fourth-order valence-corrected chi connectivity index (χ4v) is 5.33. The van der Waals surface area contributed by atoms with E-state index >= 15 is 0 Å². The smallest absolute Gasteiger partial charge is 0.413 e. The molecular formula is C22H14Cl2F7N5O3S. The quantitative estimate of drug-likeness (QED) is 0.266. The van der Waals surface area contributed by atoms with Gasteiger partial charge in [-0.25, -0.2) is 18.3 Å². The fraction of sp³-hybridized carbons (Fsp3) is 0.182. The van der Waals surface area contributed by atoms with E-state index < -0.39 is 78.0 Å². The standard InChI is InChI=1S/C22H14Cl2F7N5O3S/c23-13-6-12(40(27,28,29,30)31)7-14(24)18(13)36-19(17(16(8-32)35-36)22(3-4-22)20(33)37)34-21(38)39-9-10-5-11(25)1-2-15(10)26/h1-2,5-7H,3-4,9H2,(H2,33,37)(H,34,38). The van der Waals surface area contributed by atoms with Crippen LogP contribution in [0.1, 0.15) is 29.7 Å². The molecule has 8 nitrogen and oxygen atoms in total. The van der Waals surface area contributed by atoms with Crippen molar-refractivity contribution in [3.8, 4) is 11.8 Å². The number of nitrogens with zero attached hydrogens (tertiary/aromatic N) is 3. The first kappa shape index (κ1) is 29.3. The highest BCUT2D eigenvalue weighted by Crippen LogP contribution is 3.02. The van der Waals surface area contributed by atoms with Gasteiger partial charge in [0, 0.05) is 11.1 Å². The van der Waals surface area contributed by atoms with Crippen LogP contribution in [0.25, 0.3) is 5.69 Å². The highest BCUT2D eigenvalue weighted by atomic mass is 35.5. The van der Waals surface area contributed by atoms with Crippen molar-refractivity contribution in [1.82, 2.24) is 9.78 Å². The van der Waals surface area contributed by atoms with Crippen LogP contribution in [0.3, 0.4) is 0 Å². The van der Waals surface area contributed by atoms with E-state index in [2.05, 4.69) is 10.4 Å². The third kappa shape index (κ3) is 5.49. The monoisotopic (exact) mass is 631 g/mol. The minimum absolute atomic E-state index is 0.0750. The molecule has 2 amide bonds. The molecule has 0 atom stereocenters. The Bertz CT molecular complexity index is 1610.